The molecule has 0 radical (unpaired) electrons. The first kappa shape index (κ1) is 13.5. The molecular weight excluding hydrogens is 242 g/mol. The average molecular weight is 261 g/mol. The fourth-order valence-electron chi connectivity index (χ4n) is 2.08. The average Bonchev–Trinajstić information content (AvgIpc) is 2.81. The molecule has 2 rings (SSSR count). The number of nitrogens with two attached hydrogens (primary N) is 1. The summed E-state index contributed by atoms with van der Waals surface area (Å²) in [5.74, 6) is 6.49. The van der Waals surface area contributed by atoms with Crippen LogP contribution < -0.4 is 16.0 Å². The Morgan fingerprint density at radius 2 is 2.26 bits per heavy atom. The molecule has 0 amide bonds. The van der Waals surface area contributed by atoms with Gasteiger partial charge < -0.3 is 4.74 Å². The molecule has 0 saturated carbocycles. The monoisotopic (exact) mass is 261 g/mol. The Kier molecular flexibility index (Phi) is 4.13. The first-order valence-corrected chi connectivity index (χ1v) is 6.10. The molecule has 0 aliphatic heterocycles. The van der Waals surface area contributed by atoms with Crippen molar-refractivity contribution in [2.24, 2.45) is 12.9 Å². The summed E-state index contributed by atoms with van der Waals surface area (Å²) in [5.41, 5.74) is 5.89. The number of hydrogen-bond acceptors (Lipinski definition) is 5. The summed E-state index contributed by atoms with van der Waals surface area (Å²) in [6, 6.07) is 5.97. The molecule has 1 aromatic heterocycles. The minimum Gasteiger partial charge on any atom is -0.496 e. The van der Waals surface area contributed by atoms with Gasteiger partial charge in [0.15, 0.2) is 0 Å². The number of hydrazine groups is 1. The zero-order chi connectivity index (χ0) is 13.8. The van der Waals surface area contributed by atoms with E-state index in [4.69, 9.17) is 10.6 Å². The number of benzene rings is 1. The van der Waals surface area contributed by atoms with Gasteiger partial charge in [0.1, 0.15) is 5.75 Å². The predicted molar refractivity (Wildman–Crippen MR) is 72.5 cm³/mol. The highest BCUT2D eigenvalue weighted by atomic mass is 16.5. The Bertz CT molecular complexity index is 552. The molecule has 0 spiro atoms. The second-order valence-corrected chi connectivity index (χ2v) is 4.55. The Morgan fingerprint density at radius 1 is 1.47 bits per heavy atom. The molecule has 0 fully saturated rings. The Morgan fingerprint density at radius 3 is 2.84 bits per heavy atom. The highest BCUT2D eigenvalue weighted by Gasteiger charge is 2.17. The molecule has 0 aliphatic carbocycles. The zero-order valence-corrected chi connectivity index (χ0v) is 11.4. The largest absolute Gasteiger partial charge is 0.496 e. The minimum atomic E-state index is -0.0634. The molecule has 19 heavy (non-hydrogen) atoms. The van der Waals surface area contributed by atoms with E-state index in [1.165, 1.54) is 0 Å². The van der Waals surface area contributed by atoms with Gasteiger partial charge in [-0.2, -0.15) is 0 Å². The van der Waals surface area contributed by atoms with Crippen LogP contribution in [0, 0.1) is 6.92 Å². The van der Waals surface area contributed by atoms with Gasteiger partial charge in [0, 0.05) is 25.2 Å². The van der Waals surface area contributed by atoms with Crippen molar-refractivity contribution < 1.29 is 4.74 Å². The maximum absolute atomic E-state index is 5.67. The molecule has 0 saturated heterocycles. The van der Waals surface area contributed by atoms with E-state index in [-0.39, 0.29) is 6.04 Å². The third kappa shape index (κ3) is 3.10. The molecular formula is C13H19N5O. The van der Waals surface area contributed by atoms with Gasteiger partial charge in [0.25, 0.3) is 0 Å². The van der Waals surface area contributed by atoms with Gasteiger partial charge in [0.05, 0.1) is 18.8 Å². The van der Waals surface area contributed by atoms with Gasteiger partial charge in [0.2, 0.25) is 0 Å². The lowest BCUT2D eigenvalue weighted by molar-refractivity contribution is 0.398. The number of nitrogens with one attached hydrogen (secondary N) is 1. The summed E-state index contributed by atoms with van der Waals surface area (Å²) in [7, 11) is 3.50. The van der Waals surface area contributed by atoms with Crippen LogP contribution in [0.1, 0.15) is 22.9 Å². The van der Waals surface area contributed by atoms with Crippen molar-refractivity contribution in [3.05, 3.63) is 41.2 Å². The summed E-state index contributed by atoms with van der Waals surface area (Å²) in [5, 5.41) is 8.01. The lowest BCUT2D eigenvalue weighted by Gasteiger charge is -2.18. The number of aromatic nitrogens is 3. The SMILES string of the molecule is COc1ccc(C)cc1C(Cc1cn(C)nn1)NN. The Balaban J connectivity index is 2.28. The summed E-state index contributed by atoms with van der Waals surface area (Å²) >= 11 is 0. The molecule has 0 bridgehead atoms. The Labute approximate surface area is 112 Å². The highest BCUT2D eigenvalue weighted by molar-refractivity contribution is 5.39. The lowest BCUT2D eigenvalue weighted by atomic mass is 10.00. The van der Waals surface area contributed by atoms with E-state index in [9.17, 15) is 0 Å². The van der Waals surface area contributed by atoms with E-state index in [0.717, 1.165) is 22.6 Å². The number of rotatable bonds is 5. The van der Waals surface area contributed by atoms with Crippen LogP contribution in [0.2, 0.25) is 0 Å². The summed E-state index contributed by atoms with van der Waals surface area (Å²) in [4.78, 5) is 0. The van der Waals surface area contributed by atoms with Crippen molar-refractivity contribution in [3.8, 4) is 5.75 Å². The van der Waals surface area contributed by atoms with Crippen molar-refractivity contribution >= 4 is 0 Å². The predicted octanol–water partition coefficient (Wildman–Crippen LogP) is 0.879. The normalized spacial score (nSPS) is 12.4. The van der Waals surface area contributed by atoms with Crippen LogP contribution >= 0.6 is 0 Å². The van der Waals surface area contributed by atoms with Gasteiger partial charge in [-0.3, -0.25) is 16.0 Å². The molecule has 0 aliphatic rings. The molecule has 1 unspecified atom stereocenters. The number of methoxy groups -OCH3 is 1. The maximum atomic E-state index is 5.67. The molecule has 1 aromatic carbocycles. The van der Waals surface area contributed by atoms with Crippen LogP contribution in [0.5, 0.6) is 5.75 Å². The molecule has 2 aromatic rings. The third-order valence-electron chi connectivity index (χ3n) is 3.03. The van der Waals surface area contributed by atoms with E-state index >= 15 is 0 Å². The summed E-state index contributed by atoms with van der Waals surface area (Å²) in [6.07, 6.45) is 2.54. The molecule has 102 valence electrons. The van der Waals surface area contributed by atoms with Gasteiger partial charge in [-0.1, -0.05) is 22.9 Å². The quantitative estimate of drug-likeness (QED) is 0.617. The van der Waals surface area contributed by atoms with E-state index < -0.39 is 0 Å². The van der Waals surface area contributed by atoms with Gasteiger partial charge in [-0.25, -0.2) is 0 Å². The number of ether oxygens (including phenoxy) is 1. The number of hydrogen-bond donors (Lipinski definition) is 2. The van der Waals surface area contributed by atoms with Crippen molar-refractivity contribution in [3.63, 3.8) is 0 Å². The highest BCUT2D eigenvalue weighted by Crippen LogP contribution is 2.27. The smallest absolute Gasteiger partial charge is 0.123 e. The van der Waals surface area contributed by atoms with Crippen molar-refractivity contribution in [1.82, 2.24) is 20.4 Å². The van der Waals surface area contributed by atoms with Crippen LogP contribution in [0.25, 0.3) is 0 Å². The van der Waals surface area contributed by atoms with Crippen molar-refractivity contribution in [2.75, 3.05) is 7.11 Å². The minimum absolute atomic E-state index is 0.0634. The summed E-state index contributed by atoms with van der Waals surface area (Å²) in [6.45, 7) is 2.04. The van der Waals surface area contributed by atoms with E-state index in [2.05, 4.69) is 21.8 Å². The van der Waals surface area contributed by atoms with Gasteiger partial charge in [-0.05, 0) is 13.0 Å². The fraction of sp³-hybridized carbons (Fsp3) is 0.385. The fourth-order valence-corrected chi connectivity index (χ4v) is 2.08. The van der Waals surface area contributed by atoms with Crippen LogP contribution in [0.3, 0.4) is 0 Å². The van der Waals surface area contributed by atoms with Crippen molar-refractivity contribution in [2.45, 2.75) is 19.4 Å². The number of nitrogens with zero attached hydrogens (tertiary/aromatic N) is 3. The molecule has 6 nitrogen and oxygen atoms in total. The van der Waals surface area contributed by atoms with E-state index in [0.29, 0.717) is 6.42 Å². The number of aryl methyl sites for hydroxylation is 2. The topological polar surface area (TPSA) is 78.0 Å². The van der Waals surface area contributed by atoms with Gasteiger partial charge in [-0.15, -0.1) is 5.10 Å². The van der Waals surface area contributed by atoms with Crippen molar-refractivity contribution in [1.29, 1.82) is 0 Å². The first-order chi connectivity index (χ1) is 9.13. The first-order valence-electron chi connectivity index (χ1n) is 6.10. The molecule has 1 heterocycles. The van der Waals surface area contributed by atoms with Crippen LogP contribution in [-0.4, -0.2) is 22.1 Å². The van der Waals surface area contributed by atoms with E-state index in [1.54, 1.807) is 11.8 Å². The van der Waals surface area contributed by atoms with Gasteiger partial charge >= 0.3 is 0 Å². The van der Waals surface area contributed by atoms with E-state index in [1.807, 2.05) is 32.3 Å². The second kappa shape index (κ2) is 5.81. The zero-order valence-electron chi connectivity index (χ0n) is 11.4. The molecule has 3 N–H and O–H groups in total. The standard InChI is InChI=1S/C13H19N5O/c1-9-4-5-13(19-3)11(6-9)12(15-14)7-10-8-18(2)17-16-10/h4-6,8,12,15H,7,14H2,1-3H3. The summed E-state index contributed by atoms with van der Waals surface area (Å²) < 4.78 is 7.07. The van der Waals surface area contributed by atoms with Crippen LogP contribution in [-0.2, 0) is 13.5 Å². The molecule has 1 atom stereocenters. The third-order valence-corrected chi connectivity index (χ3v) is 3.03. The lowest BCUT2D eigenvalue weighted by Crippen LogP contribution is -2.30. The Hall–Kier alpha value is -1.92. The maximum Gasteiger partial charge on any atom is 0.123 e. The van der Waals surface area contributed by atoms with Crippen LogP contribution in [0.4, 0.5) is 0 Å². The molecule has 6 heteroatoms. The second-order valence-electron chi connectivity index (χ2n) is 4.55. The van der Waals surface area contributed by atoms with Crippen LogP contribution in [0.15, 0.2) is 24.4 Å².